The summed E-state index contributed by atoms with van der Waals surface area (Å²) in [6, 6.07) is 0. The van der Waals surface area contributed by atoms with E-state index in [0.717, 1.165) is 5.03 Å². The molecule has 2 aliphatic rings. The van der Waals surface area contributed by atoms with Gasteiger partial charge in [-0.25, -0.2) is 0 Å². The second-order valence-electron chi connectivity index (χ2n) is 2.34. The lowest BCUT2D eigenvalue weighted by atomic mass is 9.98. The van der Waals surface area contributed by atoms with Crippen molar-refractivity contribution in [2.75, 3.05) is 0 Å². The van der Waals surface area contributed by atoms with Crippen molar-refractivity contribution in [2.45, 2.75) is 0 Å². The fourth-order valence-electron chi connectivity index (χ4n) is 0.978. The van der Waals surface area contributed by atoms with Crippen LogP contribution < -0.4 is 0 Å². The van der Waals surface area contributed by atoms with Crippen LogP contribution in [-0.4, -0.2) is 0 Å². The van der Waals surface area contributed by atoms with Gasteiger partial charge in [0.15, 0.2) is 0 Å². The Morgan fingerprint density at radius 1 is 1.33 bits per heavy atom. The topological polar surface area (TPSA) is 0 Å². The molecule has 2 rings (SSSR count). The molecule has 44 valence electrons. The molecule has 2 aliphatic carbocycles. The molecule has 0 saturated carbocycles. The molecule has 1 spiro atoms. The Hall–Kier alpha value is -0.620. The molecule has 0 bridgehead atoms. The molecule has 9 heavy (non-hydrogen) atoms. The molecular formula is C8H6Cl+. The van der Waals surface area contributed by atoms with Gasteiger partial charge in [0.2, 0.25) is 0 Å². The van der Waals surface area contributed by atoms with Gasteiger partial charge in [-0.1, -0.05) is 11.6 Å². The first kappa shape index (κ1) is 5.19. The summed E-state index contributed by atoms with van der Waals surface area (Å²) in [7, 11) is 0. The van der Waals surface area contributed by atoms with Crippen molar-refractivity contribution in [3.05, 3.63) is 41.8 Å². The van der Waals surface area contributed by atoms with E-state index in [1.807, 2.05) is 24.6 Å². The van der Waals surface area contributed by atoms with Gasteiger partial charge in [-0.15, -0.1) is 0 Å². The molecule has 0 aromatic rings. The molecule has 0 atom stereocenters. The third-order valence-electron chi connectivity index (χ3n) is 1.66. The zero-order chi connectivity index (χ0) is 6.32. The highest BCUT2D eigenvalue weighted by molar-refractivity contribution is 6.34. The average Bonchev–Trinajstić information content (AvgIpc) is 2.44. The monoisotopic (exact) mass is 137 g/mol. The van der Waals surface area contributed by atoms with Crippen LogP contribution in [0.15, 0.2) is 35.4 Å². The van der Waals surface area contributed by atoms with Crippen LogP contribution in [0.2, 0.25) is 0 Å². The molecule has 0 amide bonds. The van der Waals surface area contributed by atoms with Gasteiger partial charge in [0.05, 0.1) is 5.03 Å². The van der Waals surface area contributed by atoms with E-state index >= 15 is 0 Å². The predicted molar refractivity (Wildman–Crippen MR) is 38.9 cm³/mol. The second-order valence-corrected chi connectivity index (χ2v) is 2.74. The molecule has 0 fully saturated rings. The van der Waals surface area contributed by atoms with Gasteiger partial charge in [0.25, 0.3) is 0 Å². The third-order valence-corrected chi connectivity index (χ3v) is 2.10. The molecule has 0 N–H and O–H groups in total. The summed E-state index contributed by atoms with van der Waals surface area (Å²) >= 11 is 5.77. The van der Waals surface area contributed by atoms with Crippen LogP contribution >= 0.6 is 11.6 Å². The van der Waals surface area contributed by atoms with Crippen LogP contribution in [0.25, 0.3) is 0 Å². The minimum absolute atomic E-state index is 0.0519. The third kappa shape index (κ3) is 0.632. The van der Waals surface area contributed by atoms with E-state index in [4.69, 9.17) is 11.6 Å². The quantitative estimate of drug-likeness (QED) is 0.450. The van der Waals surface area contributed by atoms with Gasteiger partial charge in [0.1, 0.15) is 5.41 Å². The maximum Gasteiger partial charge on any atom is 0.148 e. The smallest absolute Gasteiger partial charge is 0.0850 e. The average molecular weight is 138 g/mol. The highest BCUT2D eigenvalue weighted by atomic mass is 35.5. The Kier molecular flexibility index (Phi) is 0.837. The lowest BCUT2D eigenvalue weighted by Gasteiger charge is -1.98. The van der Waals surface area contributed by atoms with Crippen molar-refractivity contribution in [3.63, 3.8) is 0 Å². The van der Waals surface area contributed by atoms with E-state index in [2.05, 4.69) is 12.2 Å². The summed E-state index contributed by atoms with van der Waals surface area (Å²) in [4.78, 5) is 0. The van der Waals surface area contributed by atoms with E-state index in [0.29, 0.717) is 0 Å². The van der Waals surface area contributed by atoms with Crippen molar-refractivity contribution in [3.8, 4) is 0 Å². The maximum absolute atomic E-state index is 5.77. The van der Waals surface area contributed by atoms with Gasteiger partial charge >= 0.3 is 0 Å². The van der Waals surface area contributed by atoms with E-state index in [1.165, 1.54) is 0 Å². The normalized spacial score (nSPS) is 25.7. The van der Waals surface area contributed by atoms with Crippen LogP contribution in [0.1, 0.15) is 0 Å². The fraction of sp³-hybridized carbons (Fsp3) is 0.125. The summed E-state index contributed by atoms with van der Waals surface area (Å²) in [5.41, 5.74) is 0.0519. The van der Waals surface area contributed by atoms with E-state index < -0.39 is 0 Å². The SMILES string of the molecule is ClC1=CC12C=C[CH+]C=C2. The molecular weight excluding hydrogens is 132 g/mol. The molecule has 0 aliphatic heterocycles. The van der Waals surface area contributed by atoms with E-state index in [1.54, 1.807) is 0 Å². The number of allylic oxidation sites excluding steroid dienone is 6. The molecule has 0 unspecified atom stereocenters. The van der Waals surface area contributed by atoms with Gasteiger partial charge in [-0.2, -0.15) is 0 Å². The van der Waals surface area contributed by atoms with Crippen molar-refractivity contribution in [2.24, 2.45) is 5.41 Å². The Morgan fingerprint density at radius 3 is 2.22 bits per heavy atom. The number of hydrogen-bond donors (Lipinski definition) is 0. The van der Waals surface area contributed by atoms with Crippen LogP contribution in [0.5, 0.6) is 0 Å². The maximum atomic E-state index is 5.77. The number of hydrogen-bond acceptors (Lipinski definition) is 0. The lowest BCUT2D eigenvalue weighted by molar-refractivity contribution is 0.932. The molecule has 0 aromatic carbocycles. The van der Waals surface area contributed by atoms with Crippen LogP contribution in [0, 0.1) is 11.8 Å². The Bertz CT molecular complexity index is 209. The van der Waals surface area contributed by atoms with Crippen molar-refractivity contribution < 1.29 is 0 Å². The van der Waals surface area contributed by atoms with Crippen molar-refractivity contribution in [1.29, 1.82) is 0 Å². The molecule has 0 radical (unpaired) electrons. The van der Waals surface area contributed by atoms with Gasteiger partial charge in [-0.3, -0.25) is 0 Å². The number of halogens is 1. The lowest BCUT2D eigenvalue weighted by Crippen LogP contribution is -1.96. The first-order valence-electron chi connectivity index (χ1n) is 2.93. The first-order chi connectivity index (χ1) is 4.33. The number of rotatable bonds is 0. The Morgan fingerprint density at radius 2 is 1.89 bits per heavy atom. The van der Waals surface area contributed by atoms with Crippen LogP contribution in [0.3, 0.4) is 0 Å². The zero-order valence-corrected chi connectivity index (χ0v) is 5.60. The summed E-state index contributed by atoms with van der Waals surface area (Å²) < 4.78 is 0. The Labute approximate surface area is 59.5 Å². The molecule has 0 nitrogen and oxygen atoms in total. The highest BCUT2D eigenvalue weighted by Gasteiger charge is 2.44. The fourth-order valence-corrected chi connectivity index (χ4v) is 1.28. The van der Waals surface area contributed by atoms with Gasteiger partial charge in [-0.05, 0) is 6.08 Å². The van der Waals surface area contributed by atoms with Gasteiger partial charge < -0.3 is 0 Å². The molecule has 0 heterocycles. The standard InChI is InChI=1S/C8H6Cl/c9-7-6-8(7)4-2-1-3-5-8/h1-6H/q+1. The van der Waals surface area contributed by atoms with Crippen LogP contribution in [0.4, 0.5) is 0 Å². The molecule has 0 aromatic heterocycles. The minimum Gasteiger partial charge on any atom is -0.0850 e. The highest BCUT2D eigenvalue weighted by Crippen LogP contribution is 2.50. The summed E-state index contributed by atoms with van der Waals surface area (Å²) in [5.74, 6) is 0. The van der Waals surface area contributed by atoms with E-state index in [9.17, 15) is 0 Å². The first-order valence-corrected chi connectivity index (χ1v) is 3.30. The van der Waals surface area contributed by atoms with Gasteiger partial charge in [0, 0.05) is 30.7 Å². The van der Waals surface area contributed by atoms with Crippen molar-refractivity contribution >= 4 is 11.6 Å². The minimum atomic E-state index is 0.0519. The summed E-state index contributed by atoms with van der Waals surface area (Å²) in [5, 5.41) is 0.947. The largest absolute Gasteiger partial charge is 0.148 e. The summed E-state index contributed by atoms with van der Waals surface area (Å²) in [6.07, 6.45) is 12.3. The predicted octanol–water partition coefficient (Wildman–Crippen LogP) is 2.44. The summed E-state index contributed by atoms with van der Waals surface area (Å²) in [6.45, 7) is 0. The molecule has 1 heteroatoms. The van der Waals surface area contributed by atoms with E-state index in [-0.39, 0.29) is 5.41 Å². The van der Waals surface area contributed by atoms with Crippen molar-refractivity contribution in [1.82, 2.24) is 0 Å². The second kappa shape index (κ2) is 1.45. The Balaban J connectivity index is 2.24. The van der Waals surface area contributed by atoms with Crippen LogP contribution in [-0.2, 0) is 0 Å². The molecule has 0 saturated heterocycles. The zero-order valence-electron chi connectivity index (χ0n) is 4.84.